The first-order valence-corrected chi connectivity index (χ1v) is 14.7. The number of thiazole rings is 1. The van der Waals surface area contributed by atoms with Crippen LogP contribution < -0.4 is 4.74 Å². The van der Waals surface area contributed by atoms with Gasteiger partial charge in [-0.15, -0.1) is 11.3 Å². The molecule has 2 unspecified atom stereocenters. The zero-order valence-electron chi connectivity index (χ0n) is 23.7. The van der Waals surface area contributed by atoms with Crippen LogP contribution in [0.5, 0.6) is 5.75 Å². The van der Waals surface area contributed by atoms with Crippen molar-refractivity contribution in [2.75, 3.05) is 7.11 Å². The molecule has 3 aromatic rings. The van der Waals surface area contributed by atoms with Crippen molar-refractivity contribution >= 4 is 23.5 Å². The van der Waals surface area contributed by atoms with Crippen molar-refractivity contribution in [3.8, 4) is 5.75 Å². The minimum atomic E-state index is -0.315. The van der Waals surface area contributed by atoms with E-state index in [1.807, 2.05) is 30.5 Å². The molecule has 2 atom stereocenters. The second kappa shape index (κ2) is 13.2. The van der Waals surface area contributed by atoms with Crippen molar-refractivity contribution in [2.24, 2.45) is 10.9 Å². The fourth-order valence-electron chi connectivity index (χ4n) is 4.83. The molecular weight excluding hydrogens is 504 g/mol. The molecule has 2 aromatic carbocycles. The smallest absolute Gasteiger partial charge is 0.305 e. The molecule has 0 bridgehead atoms. The monoisotopic (exact) mass is 544 g/mol. The first kappa shape index (κ1) is 28.8. The number of aromatic nitrogens is 1. The lowest BCUT2D eigenvalue weighted by atomic mass is 9.76. The summed E-state index contributed by atoms with van der Waals surface area (Å²) in [5, 5.41) is 3.33. The molecule has 1 aromatic heterocycles. The molecule has 2 heterocycles. The molecule has 0 amide bonds. The first-order valence-electron chi connectivity index (χ1n) is 13.9. The number of nitrogens with zero attached hydrogens (tertiary/aromatic N) is 2. The molecule has 0 radical (unpaired) electrons. The minimum absolute atomic E-state index is 0.0660. The summed E-state index contributed by atoms with van der Waals surface area (Å²) >= 11 is 1.75. The minimum Gasteiger partial charge on any atom is -0.489 e. The van der Waals surface area contributed by atoms with Crippen LogP contribution in [0.2, 0.25) is 0 Å². The Morgan fingerprint density at radius 3 is 2.31 bits per heavy atom. The molecule has 1 aliphatic heterocycles. The van der Waals surface area contributed by atoms with Gasteiger partial charge in [-0.3, -0.25) is 9.79 Å². The predicted molar refractivity (Wildman–Crippen MR) is 160 cm³/mol. The van der Waals surface area contributed by atoms with Crippen molar-refractivity contribution in [1.82, 2.24) is 4.98 Å². The van der Waals surface area contributed by atoms with Gasteiger partial charge in [-0.2, -0.15) is 0 Å². The van der Waals surface area contributed by atoms with Crippen LogP contribution in [-0.4, -0.2) is 29.8 Å². The molecule has 0 aliphatic carbocycles. The maximum atomic E-state index is 11.4. The lowest BCUT2D eigenvalue weighted by Crippen LogP contribution is -2.32. The van der Waals surface area contributed by atoms with Gasteiger partial charge in [0, 0.05) is 18.0 Å². The number of carbonyl (C=O) groups is 1. The van der Waals surface area contributed by atoms with Gasteiger partial charge in [-0.25, -0.2) is 4.98 Å². The van der Waals surface area contributed by atoms with Gasteiger partial charge in [0.25, 0.3) is 0 Å². The van der Waals surface area contributed by atoms with E-state index in [1.54, 1.807) is 11.3 Å². The second-order valence-electron chi connectivity index (χ2n) is 11.0. The van der Waals surface area contributed by atoms with E-state index < -0.39 is 0 Å². The van der Waals surface area contributed by atoms with Gasteiger partial charge in [0.2, 0.25) is 0 Å². The van der Waals surface area contributed by atoms with E-state index in [9.17, 15) is 4.79 Å². The van der Waals surface area contributed by atoms with Gasteiger partial charge in [0.15, 0.2) is 0 Å². The molecule has 39 heavy (non-hydrogen) atoms. The highest BCUT2D eigenvalue weighted by Gasteiger charge is 2.41. The highest BCUT2D eigenvalue weighted by atomic mass is 32.1. The standard InChI is InChI=1S/C33H40N2O3S/c1-23(2)17-19-33(18-6-20-34-33)31(32-35-29(22-39-32)24(3)4)27-12-7-26(8-13-27)21-38-28-14-9-25(10-15-28)11-16-30(36)37-5/h6-10,12-15,18,20,22-24,31H,11,16-17,19,21H2,1-5H3. The normalized spacial score (nSPS) is 17.2. The summed E-state index contributed by atoms with van der Waals surface area (Å²) in [6.45, 7) is 9.42. The number of carbonyl (C=O) groups excluding carboxylic acids is 1. The largest absolute Gasteiger partial charge is 0.489 e. The first-order chi connectivity index (χ1) is 18.8. The van der Waals surface area contributed by atoms with Gasteiger partial charge >= 0.3 is 5.97 Å². The summed E-state index contributed by atoms with van der Waals surface area (Å²) in [5.74, 6) is 1.68. The van der Waals surface area contributed by atoms with E-state index in [1.165, 1.54) is 12.7 Å². The number of hydrogen-bond acceptors (Lipinski definition) is 6. The Morgan fingerprint density at radius 2 is 1.72 bits per heavy atom. The zero-order valence-corrected chi connectivity index (χ0v) is 24.5. The van der Waals surface area contributed by atoms with Crippen LogP contribution in [0.15, 0.2) is 71.1 Å². The topological polar surface area (TPSA) is 60.8 Å². The molecular formula is C33H40N2O3S. The zero-order chi connectivity index (χ0) is 27.8. The lowest BCUT2D eigenvalue weighted by molar-refractivity contribution is -0.140. The molecule has 4 rings (SSSR count). The van der Waals surface area contributed by atoms with Gasteiger partial charge in [0.1, 0.15) is 17.4 Å². The Morgan fingerprint density at radius 1 is 1.00 bits per heavy atom. The van der Waals surface area contributed by atoms with Crippen LogP contribution in [0.4, 0.5) is 0 Å². The van der Waals surface area contributed by atoms with Gasteiger partial charge in [-0.1, -0.05) is 70.2 Å². The van der Waals surface area contributed by atoms with Crippen LogP contribution in [0, 0.1) is 5.92 Å². The molecule has 0 N–H and O–H groups in total. The summed E-state index contributed by atoms with van der Waals surface area (Å²) in [5.41, 5.74) is 4.25. The lowest BCUT2D eigenvalue weighted by Gasteiger charge is -2.34. The van der Waals surface area contributed by atoms with Crippen LogP contribution in [0.25, 0.3) is 0 Å². The van der Waals surface area contributed by atoms with Crippen molar-refractivity contribution < 1.29 is 14.3 Å². The van der Waals surface area contributed by atoms with E-state index in [-0.39, 0.29) is 17.4 Å². The Labute approximate surface area is 237 Å². The van der Waals surface area contributed by atoms with Gasteiger partial charge < -0.3 is 9.47 Å². The van der Waals surface area contributed by atoms with Crippen LogP contribution in [0.1, 0.15) is 86.2 Å². The number of ether oxygens (including phenoxy) is 2. The number of esters is 1. The van der Waals surface area contributed by atoms with E-state index in [2.05, 4.69) is 69.5 Å². The van der Waals surface area contributed by atoms with Crippen molar-refractivity contribution in [3.63, 3.8) is 0 Å². The quantitative estimate of drug-likeness (QED) is 0.205. The van der Waals surface area contributed by atoms with Gasteiger partial charge in [0.05, 0.1) is 24.3 Å². The predicted octanol–water partition coefficient (Wildman–Crippen LogP) is 7.90. The Kier molecular flexibility index (Phi) is 9.73. The van der Waals surface area contributed by atoms with Crippen LogP contribution in [0.3, 0.4) is 0 Å². The third-order valence-corrected chi connectivity index (χ3v) is 8.20. The van der Waals surface area contributed by atoms with Crippen molar-refractivity contribution in [1.29, 1.82) is 0 Å². The average Bonchev–Trinajstić information content (AvgIpc) is 3.62. The number of aliphatic imine (C=N–C) groups is 1. The summed E-state index contributed by atoms with van der Waals surface area (Å²) in [6.07, 6.45) is 9.45. The number of methoxy groups -OCH3 is 1. The maximum Gasteiger partial charge on any atom is 0.305 e. The molecule has 206 valence electrons. The SMILES string of the molecule is COC(=O)CCc1ccc(OCc2ccc(C(c3nc(C(C)C)cs3)C3(CCC(C)C)C=CC=N3)cc2)cc1. The molecule has 0 saturated heterocycles. The van der Waals surface area contributed by atoms with E-state index in [4.69, 9.17) is 19.5 Å². The molecule has 0 spiro atoms. The van der Waals surface area contributed by atoms with Crippen molar-refractivity contribution in [2.45, 2.75) is 77.4 Å². The molecule has 5 nitrogen and oxygen atoms in total. The fourth-order valence-corrected chi connectivity index (χ4v) is 6.04. The third kappa shape index (κ3) is 7.45. The maximum absolute atomic E-state index is 11.4. The number of hydrogen-bond donors (Lipinski definition) is 0. The summed E-state index contributed by atoms with van der Waals surface area (Å²) in [4.78, 5) is 21.5. The Bertz CT molecular complexity index is 1260. The highest BCUT2D eigenvalue weighted by molar-refractivity contribution is 7.09. The third-order valence-electron chi connectivity index (χ3n) is 7.27. The van der Waals surface area contributed by atoms with Crippen LogP contribution >= 0.6 is 11.3 Å². The van der Waals surface area contributed by atoms with Gasteiger partial charge in [-0.05, 0) is 66.0 Å². The van der Waals surface area contributed by atoms with E-state index in [0.29, 0.717) is 31.3 Å². The molecule has 6 heteroatoms. The number of allylic oxidation sites excluding steroid dienone is 1. The number of benzene rings is 2. The molecule has 0 saturated carbocycles. The van der Waals surface area contributed by atoms with E-state index >= 15 is 0 Å². The Hall–Kier alpha value is -3.25. The fraction of sp³-hybridized carbons (Fsp3) is 0.424. The second-order valence-corrected chi connectivity index (χ2v) is 11.9. The number of rotatable bonds is 13. The Balaban J connectivity index is 1.50. The average molecular weight is 545 g/mol. The molecule has 0 fully saturated rings. The summed E-state index contributed by atoms with van der Waals surface area (Å²) in [7, 11) is 1.41. The summed E-state index contributed by atoms with van der Waals surface area (Å²) in [6, 6.07) is 16.6. The van der Waals surface area contributed by atoms with Crippen molar-refractivity contribution in [3.05, 3.63) is 93.5 Å². The highest BCUT2D eigenvalue weighted by Crippen LogP contribution is 2.45. The number of aryl methyl sites for hydroxylation is 1. The summed E-state index contributed by atoms with van der Waals surface area (Å²) < 4.78 is 10.8. The van der Waals surface area contributed by atoms with E-state index in [0.717, 1.165) is 40.4 Å². The van der Waals surface area contributed by atoms with Crippen LogP contribution in [-0.2, 0) is 22.6 Å². The molecule has 1 aliphatic rings.